The van der Waals surface area contributed by atoms with E-state index < -0.39 is 0 Å². The molecule has 2 heterocycles. The molecule has 2 aromatic rings. The van der Waals surface area contributed by atoms with E-state index in [0.29, 0.717) is 29.7 Å². The Morgan fingerprint density at radius 2 is 1.65 bits per heavy atom. The van der Waals surface area contributed by atoms with Gasteiger partial charge < -0.3 is 29.7 Å². The molecule has 0 atom stereocenters. The molecule has 8 heteroatoms. The molecule has 0 bridgehead atoms. The van der Waals surface area contributed by atoms with E-state index in [1.165, 1.54) is 0 Å². The maximum Gasteiger partial charge on any atom is 0.169 e. The average Bonchev–Trinajstić information content (AvgIpc) is 2.76. The Morgan fingerprint density at radius 3 is 2.21 bits per heavy atom. The fourth-order valence-corrected chi connectivity index (χ4v) is 5.32. The molecule has 3 rings (SSSR count). The lowest BCUT2D eigenvalue weighted by molar-refractivity contribution is 0.153. The summed E-state index contributed by atoms with van der Waals surface area (Å²) >= 11 is 5.97. The predicted molar refractivity (Wildman–Crippen MR) is 140 cm³/mol. The molecule has 1 fully saturated rings. The number of nitrogens with zero attached hydrogens (tertiary/aromatic N) is 2. The van der Waals surface area contributed by atoms with E-state index in [4.69, 9.17) is 26.4 Å². The first kappa shape index (κ1) is 26.0. The molecule has 1 aromatic carbocycles. The third-order valence-corrected chi connectivity index (χ3v) is 6.43. The Morgan fingerprint density at radius 1 is 1.03 bits per heavy atom. The molecule has 2 N–H and O–H groups in total. The number of benzene rings is 1. The smallest absolute Gasteiger partial charge is 0.169 e. The molecule has 186 valence electrons. The van der Waals surface area contributed by atoms with Crippen LogP contribution in [0.1, 0.15) is 51.7 Å². The SMILES string of the molecule is COc1cc(OC)c(OC)cc1CN(Cc1cccnc1)C(=S)NC1CC(C)(C)NC(C)(C)C1. The maximum absolute atomic E-state index is 5.97. The summed E-state index contributed by atoms with van der Waals surface area (Å²) in [6.45, 7) is 10.1. The van der Waals surface area contributed by atoms with Crippen molar-refractivity contribution in [2.45, 2.75) is 70.7 Å². The lowest BCUT2D eigenvalue weighted by Crippen LogP contribution is -2.62. The zero-order valence-electron chi connectivity index (χ0n) is 21.4. The van der Waals surface area contributed by atoms with Gasteiger partial charge in [-0.25, -0.2) is 0 Å². The van der Waals surface area contributed by atoms with Crippen molar-refractivity contribution in [3.8, 4) is 17.2 Å². The highest BCUT2D eigenvalue weighted by molar-refractivity contribution is 7.80. The Kier molecular flexibility index (Phi) is 8.25. The lowest BCUT2D eigenvalue weighted by Gasteiger charge is -2.47. The van der Waals surface area contributed by atoms with Crippen LogP contribution in [0.2, 0.25) is 0 Å². The number of ether oxygens (including phenoxy) is 3. The number of piperidine rings is 1. The molecule has 34 heavy (non-hydrogen) atoms. The molecule has 0 aliphatic carbocycles. The Labute approximate surface area is 209 Å². The fraction of sp³-hybridized carbons (Fsp3) is 0.538. The molecule has 0 amide bonds. The van der Waals surface area contributed by atoms with Crippen LogP contribution < -0.4 is 24.8 Å². The van der Waals surface area contributed by atoms with Gasteiger partial charge in [-0.3, -0.25) is 4.98 Å². The summed E-state index contributed by atoms with van der Waals surface area (Å²) in [6, 6.07) is 8.07. The van der Waals surface area contributed by atoms with E-state index >= 15 is 0 Å². The summed E-state index contributed by atoms with van der Waals surface area (Å²) in [4.78, 5) is 6.43. The third-order valence-electron chi connectivity index (χ3n) is 6.05. The second kappa shape index (κ2) is 10.8. The topological polar surface area (TPSA) is 67.9 Å². The normalized spacial score (nSPS) is 17.0. The van der Waals surface area contributed by atoms with Crippen molar-refractivity contribution in [3.05, 3.63) is 47.8 Å². The molecule has 7 nitrogen and oxygen atoms in total. The van der Waals surface area contributed by atoms with Crippen molar-refractivity contribution < 1.29 is 14.2 Å². The summed E-state index contributed by atoms with van der Waals surface area (Å²) in [5, 5.41) is 8.10. The number of methoxy groups -OCH3 is 3. The van der Waals surface area contributed by atoms with Gasteiger partial charge in [0, 0.05) is 54.2 Å². The van der Waals surface area contributed by atoms with Gasteiger partial charge in [0.25, 0.3) is 0 Å². The number of hydrogen-bond acceptors (Lipinski definition) is 6. The van der Waals surface area contributed by atoms with E-state index in [2.05, 4.69) is 54.3 Å². The molecule has 0 unspecified atom stereocenters. The summed E-state index contributed by atoms with van der Waals surface area (Å²) in [5.74, 6) is 2.00. The Balaban J connectivity index is 1.88. The molecule has 1 aromatic heterocycles. The van der Waals surface area contributed by atoms with Crippen molar-refractivity contribution in [2.75, 3.05) is 21.3 Å². The highest BCUT2D eigenvalue weighted by atomic mass is 32.1. The van der Waals surface area contributed by atoms with Crippen LogP contribution in [-0.4, -0.2) is 53.4 Å². The number of rotatable bonds is 8. The minimum Gasteiger partial charge on any atom is -0.496 e. The quantitative estimate of drug-likeness (QED) is 0.536. The van der Waals surface area contributed by atoms with Crippen molar-refractivity contribution in [1.82, 2.24) is 20.5 Å². The van der Waals surface area contributed by atoms with E-state index in [1.54, 1.807) is 27.5 Å². The van der Waals surface area contributed by atoms with Crippen LogP contribution >= 0.6 is 12.2 Å². The summed E-state index contributed by atoms with van der Waals surface area (Å²) in [7, 11) is 4.91. The fourth-order valence-electron chi connectivity index (χ4n) is 5.02. The van der Waals surface area contributed by atoms with Gasteiger partial charge >= 0.3 is 0 Å². The van der Waals surface area contributed by atoms with Crippen LogP contribution in [-0.2, 0) is 13.1 Å². The van der Waals surface area contributed by atoms with E-state index in [9.17, 15) is 0 Å². The highest BCUT2D eigenvalue weighted by Crippen LogP contribution is 2.35. The standard InChI is InChI=1S/C26H38N4O3S/c1-25(2)13-20(14-26(3,4)29-25)28-24(34)30(16-18-9-8-10-27-15-18)17-19-11-22(32-6)23(33-7)12-21(19)31-5/h8-12,15,20,29H,13-14,16-17H2,1-7H3,(H,28,34). The van der Waals surface area contributed by atoms with Crippen LogP contribution in [0.5, 0.6) is 17.2 Å². The molecule has 1 aliphatic rings. The second-order valence-electron chi connectivity index (χ2n) is 10.2. The van der Waals surface area contributed by atoms with Gasteiger partial charge in [-0.05, 0) is 70.5 Å². The van der Waals surface area contributed by atoms with Gasteiger partial charge in [0.05, 0.1) is 21.3 Å². The second-order valence-corrected chi connectivity index (χ2v) is 10.6. The summed E-state index contributed by atoms with van der Waals surface area (Å²) < 4.78 is 16.7. The first-order valence-electron chi connectivity index (χ1n) is 11.6. The van der Waals surface area contributed by atoms with Gasteiger partial charge in [0.1, 0.15) is 5.75 Å². The van der Waals surface area contributed by atoms with Gasteiger partial charge in [0.2, 0.25) is 0 Å². The molecule has 0 radical (unpaired) electrons. The number of thiocarbonyl (C=S) groups is 1. The largest absolute Gasteiger partial charge is 0.496 e. The minimum atomic E-state index is 0.0236. The molecule has 0 saturated carbocycles. The summed E-state index contributed by atoms with van der Waals surface area (Å²) in [5.41, 5.74) is 2.09. The number of nitrogens with one attached hydrogen (secondary N) is 2. The predicted octanol–water partition coefficient (Wildman–Crippen LogP) is 4.29. The highest BCUT2D eigenvalue weighted by Gasteiger charge is 2.38. The lowest BCUT2D eigenvalue weighted by atomic mass is 9.80. The van der Waals surface area contributed by atoms with Crippen molar-refractivity contribution in [1.29, 1.82) is 0 Å². The number of pyridine rings is 1. The summed E-state index contributed by atoms with van der Waals surface area (Å²) in [6.07, 6.45) is 5.62. The third kappa shape index (κ3) is 6.73. The van der Waals surface area contributed by atoms with Crippen LogP contribution in [0.25, 0.3) is 0 Å². The molecular weight excluding hydrogens is 448 g/mol. The maximum atomic E-state index is 5.97. The van der Waals surface area contributed by atoms with Gasteiger partial charge in [-0.15, -0.1) is 0 Å². The van der Waals surface area contributed by atoms with Crippen LogP contribution in [0.4, 0.5) is 0 Å². The molecule has 0 spiro atoms. The van der Waals surface area contributed by atoms with Crippen molar-refractivity contribution in [3.63, 3.8) is 0 Å². The van der Waals surface area contributed by atoms with Crippen LogP contribution in [0, 0.1) is 0 Å². The van der Waals surface area contributed by atoms with E-state index in [1.807, 2.05) is 24.4 Å². The van der Waals surface area contributed by atoms with Gasteiger partial charge in [0.15, 0.2) is 16.6 Å². The zero-order chi connectivity index (χ0) is 24.9. The number of hydrogen-bond donors (Lipinski definition) is 2. The first-order chi connectivity index (χ1) is 16.1. The van der Waals surface area contributed by atoms with E-state index in [0.717, 1.165) is 29.7 Å². The van der Waals surface area contributed by atoms with Crippen molar-refractivity contribution in [2.24, 2.45) is 0 Å². The molecule has 1 aliphatic heterocycles. The monoisotopic (exact) mass is 486 g/mol. The van der Waals surface area contributed by atoms with Gasteiger partial charge in [-0.1, -0.05) is 6.07 Å². The molecular formula is C26H38N4O3S. The number of aromatic nitrogens is 1. The first-order valence-corrected chi connectivity index (χ1v) is 12.0. The Bertz CT molecular complexity index is 966. The zero-order valence-corrected chi connectivity index (χ0v) is 22.2. The average molecular weight is 487 g/mol. The van der Waals surface area contributed by atoms with Gasteiger partial charge in [-0.2, -0.15) is 0 Å². The molecule has 1 saturated heterocycles. The van der Waals surface area contributed by atoms with Crippen LogP contribution in [0.15, 0.2) is 36.7 Å². The Hall–Kier alpha value is -2.58. The van der Waals surface area contributed by atoms with E-state index in [-0.39, 0.29) is 17.1 Å². The van der Waals surface area contributed by atoms with Crippen molar-refractivity contribution >= 4 is 17.3 Å². The van der Waals surface area contributed by atoms with Crippen LogP contribution in [0.3, 0.4) is 0 Å². The minimum absolute atomic E-state index is 0.0236.